The molecule has 0 aliphatic carbocycles. The molecule has 91 valence electrons. The summed E-state index contributed by atoms with van der Waals surface area (Å²) >= 11 is 0. The average Bonchev–Trinajstić information content (AvgIpc) is 2.87. The summed E-state index contributed by atoms with van der Waals surface area (Å²) in [5.41, 5.74) is 2.38. The van der Waals surface area contributed by atoms with Crippen LogP contribution in [0.1, 0.15) is 11.1 Å². The van der Waals surface area contributed by atoms with Gasteiger partial charge in [0.15, 0.2) is 11.5 Å². The van der Waals surface area contributed by atoms with Crippen LogP contribution in [0.3, 0.4) is 0 Å². The molecule has 0 aromatic heterocycles. The van der Waals surface area contributed by atoms with Gasteiger partial charge in [-0.25, -0.2) is 5.32 Å². The first-order valence-corrected chi connectivity index (χ1v) is 5.97. The minimum Gasteiger partial charge on any atom is -0.454 e. The van der Waals surface area contributed by atoms with E-state index in [1.54, 1.807) is 0 Å². The van der Waals surface area contributed by atoms with E-state index >= 15 is 0 Å². The third-order valence-electron chi connectivity index (χ3n) is 2.87. The Morgan fingerprint density at radius 1 is 0.833 bits per heavy atom. The molecule has 0 atom stereocenters. The van der Waals surface area contributed by atoms with E-state index in [-0.39, 0.29) is 0 Å². The van der Waals surface area contributed by atoms with Crippen molar-refractivity contribution in [1.82, 2.24) is 5.32 Å². The van der Waals surface area contributed by atoms with Gasteiger partial charge in [0.1, 0.15) is 0 Å². The van der Waals surface area contributed by atoms with Gasteiger partial charge >= 0.3 is 0 Å². The highest BCUT2D eigenvalue weighted by atomic mass is 16.7. The maximum atomic E-state index is 5.34. The number of hydrogen-bond donors (Lipinski definition) is 0. The molecule has 0 bridgehead atoms. The van der Waals surface area contributed by atoms with Crippen molar-refractivity contribution in [3.8, 4) is 11.5 Å². The van der Waals surface area contributed by atoms with Crippen LogP contribution >= 0.6 is 0 Å². The fraction of sp³-hybridized carbons (Fsp3) is 0.200. The monoisotopic (exact) mass is 240 g/mol. The Morgan fingerprint density at radius 2 is 1.61 bits per heavy atom. The molecule has 0 amide bonds. The lowest BCUT2D eigenvalue weighted by Crippen LogP contribution is -2.04. The van der Waals surface area contributed by atoms with E-state index in [0.29, 0.717) is 13.3 Å². The summed E-state index contributed by atoms with van der Waals surface area (Å²) < 4.78 is 10.6. The fourth-order valence-electron chi connectivity index (χ4n) is 1.94. The minimum atomic E-state index is 0.319. The van der Waals surface area contributed by atoms with E-state index in [2.05, 4.69) is 17.4 Å². The molecule has 3 rings (SSSR count). The Labute approximate surface area is 106 Å². The van der Waals surface area contributed by atoms with Crippen molar-refractivity contribution >= 4 is 0 Å². The minimum absolute atomic E-state index is 0.319. The number of rotatable bonds is 4. The molecule has 0 fully saturated rings. The van der Waals surface area contributed by atoms with Crippen LogP contribution in [0.15, 0.2) is 48.5 Å². The van der Waals surface area contributed by atoms with Gasteiger partial charge in [-0.15, -0.1) is 0 Å². The molecule has 3 heteroatoms. The summed E-state index contributed by atoms with van der Waals surface area (Å²) in [5, 5.41) is 4.54. The second kappa shape index (κ2) is 5.10. The van der Waals surface area contributed by atoms with Gasteiger partial charge in [-0.05, 0) is 23.3 Å². The predicted molar refractivity (Wildman–Crippen MR) is 68.5 cm³/mol. The fourth-order valence-corrected chi connectivity index (χ4v) is 1.94. The number of nitrogens with zero attached hydrogens (tertiary/aromatic N) is 1. The summed E-state index contributed by atoms with van der Waals surface area (Å²) in [5.74, 6) is 1.64. The summed E-state index contributed by atoms with van der Waals surface area (Å²) in [6, 6.07) is 16.2. The number of benzene rings is 2. The number of fused-ring (bicyclic) bond motifs is 1. The number of ether oxygens (including phenoxy) is 2. The van der Waals surface area contributed by atoms with E-state index in [1.807, 2.05) is 36.4 Å². The van der Waals surface area contributed by atoms with E-state index < -0.39 is 0 Å². The third-order valence-corrected chi connectivity index (χ3v) is 2.87. The molecule has 18 heavy (non-hydrogen) atoms. The highest BCUT2D eigenvalue weighted by Gasteiger charge is 2.12. The first-order chi connectivity index (χ1) is 8.92. The van der Waals surface area contributed by atoms with Crippen LogP contribution in [0.4, 0.5) is 0 Å². The molecular weight excluding hydrogens is 226 g/mol. The zero-order chi connectivity index (χ0) is 12.2. The second-order valence-electron chi connectivity index (χ2n) is 4.21. The van der Waals surface area contributed by atoms with Gasteiger partial charge in [-0.1, -0.05) is 36.4 Å². The molecule has 0 saturated carbocycles. The average molecular weight is 240 g/mol. The van der Waals surface area contributed by atoms with E-state index in [4.69, 9.17) is 9.47 Å². The lowest BCUT2D eigenvalue weighted by atomic mass is 10.2. The van der Waals surface area contributed by atoms with Gasteiger partial charge in [0.05, 0.1) is 0 Å². The quantitative estimate of drug-likeness (QED) is 0.823. The van der Waals surface area contributed by atoms with Crippen molar-refractivity contribution in [2.45, 2.75) is 13.1 Å². The van der Waals surface area contributed by atoms with Gasteiger partial charge in [-0.3, -0.25) is 0 Å². The van der Waals surface area contributed by atoms with Crippen molar-refractivity contribution < 1.29 is 9.47 Å². The van der Waals surface area contributed by atoms with Crippen molar-refractivity contribution in [1.29, 1.82) is 0 Å². The second-order valence-corrected chi connectivity index (χ2v) is 4.21. The zero-order valence-electron chi connectivity index (χ0n) is 10.0. The molecule has 1 aliphatic heterocycles. The Kier molecular flexibility index (Phi) is 3.15. The van der Waals surface area contributed by atoms with E-state index in [1.165, 1.54) is 5.56 Å². The highest BCUT2D eigenvalue weighted by molar-refractivity contribution is 5.44. The van der Waals surface area contributed by atoms with Crippen molar-refractivity contribution in [3.05, 3.63) is 59.7 Å². The van der Waals surface area contributed by atoms with Crippen LogP contribution in [0.2, 0.25) is 0 Å². The molecule has 1 aliphatic rings. The van der Waals surface area contributed by atoms with Crippen molar-refractivity contribution in [2.75, 3.05) is 6.79 Å². The summed E-state index contributed by atoms with van der Waals surface area (Å²) in [6.07, 6.45) is 0. The molecule has 1 radical (unpaired) electrons. The molecule has 0 saturated heterocycles. The molecule has 0 spiro atoms. The summed E-state index contributed by atoms with van der Waals surface area (Å²) in [7, 11) is 0. The largest absolute Gasteiger partial charge is 0.454 e. The van der Waals surface area contributed by atoms with Gasteiger partial charge in [0.25, 0.3) is 0 Å². The Balaban J connectivity index is 1.57. The lowest BCUT2D eigenvalue weighted by molar-refractivity contribution is 0.174. The van der Waals surface area contributed by atoms with Gasteiger partial charge in [0, 0.05) is 13.1 Å². The normalized spacial score (nSPS) is 12.7. The maximum absolute atomic E-state index is 5.34. The maximum Gasteiger partial charge on any atom is 0.231 e. The Bertz CT molecular complexity index is 525. The Morgan fingerprint density at radius 3 is 2.50 bits per heavy atom. The first kappa shape index (κ1) is 11.1. The van der Waals surface area contributed by atoms with Crippen molar-refractivity contribution in [2.24, 2.45) is 0 Å². The van der Waals surface area contributed by atoms with Crippen LogP contribution in [-0.2, 0) is 13.1 Å². The molecule has 0 N–H and O–H groups in total. The standard InChI is InChI=1S/C15H14NO2/c1-2-4-12(5-3-1)9-16-10-13-6-7-14-15(8-13)18-11-17-14/h1-8H,9-11H2. The predicted octanol–water partition coefficient (Wildman–Crippen LogP) is 2.72. The molecule has 1 heterocycles. The van der Waals surface area contributed by atoms with Gasteiger partial charge < -0.3 is 9.47 Å². The smallest absolute Gasteiger partial charge is 0.231 e. The molecular formula is C15H14NO2. The first-order valence-electron chi connectivity index (χ1n) is 5.97. The van der Waals surface area contributed by atoms with Crippen LogP contribution in [0.5, 0.6) is 11.5 Å². The summed E-state index contributed by atoms with van der Waals surface area (Å²) in [6.45, 7) is 1.76. The highest BCUT2D eigenvalue weighted by Crippen LogP contribution is 2.32. The molecule has 0 unspecified atom stereocenters. The van der Waals surface area contributed by atoms with Crippen LogP contribution in [0, 0.1) is 0 Å². The zero-order valence-corrected chi connectivity index (χ0v) is 10.0. The SMILES string of the molecule is c1ccc(C[N]Cc2ccc3c(c2)OCO3)cc1. The van der Waals surface area contributed by atoms with Crippen LogP contribution in [-0.4, -0.2) is 6.79 Å². The van der Waals surface area contributed by atoms with Crippen LogP contribution in [0.25, 0.3) is 0 Å². The number of hydrogen-bond acceptors (Lipinski definition) is 2. The lowest BCUT2D eigenvalue weighted by Gasteiger charge is -2.04. The topological polar surface area (TPSA) is 32.6 Å². The van der Waals surface area contributed by atoms with E-state index in [9.17, 15) is 0 Å². The molecule has 2 aromatic carbocycles. The summed E-state index contributed by atoms with van der Waals surface area (Å²) in [4.78, 5) is 0. The third kappa shape index (κ3) is 2.46. The Hall–Kier alpha value is -2.00. The molecule has 3 nitrogen and oxygen atoms in total. The van der Waals surface area contributed by atoms with Gasteiger partial charge in [-0.2, -0.15) is 0 Å². The van der Waals surface area contributed by atoms with Crippen LogP contribution < -0.4 is 14.8 Å². The molecule has 2 aromatic rings. The van der Waals surface area contributed by atoms with E-state index in [0.717, 1.165) is 23.6 Å². The van der Waals surface area contributed by atoms with Crippen molar-refractivity contribution in [3.63, 3.8) is 0 Å². The van der Waals surface area contributed by atoms with Gasteiger partial charge in [0.2, 0.25) is 6.79 Å².